The van der Waals surface area contributed by atoms with Crippen molar-refractivity contribution < 1.29 is 9.90 Å². The molecule has 23 heavy (non-hydrogen) atoms. The number of hydrogen-bond acceptors (Lipinski definition) is 4. The van der Waals surface area contributed by atoms with E-state index in [1.54, 1.807) is 11.1 Å². The fourth-order valence-electron chi connectivity index (χ4n) is 2.94. The number of aliphatic hydroxyl groups is 1. The van der Waals surface area contributed by atoms with Gasteiger partial charge in [-0.2, -0.15) is 0 Å². The van der Waals surface area contributed by atoms with Gasteiger partial charge in [-0.05, 0) is 24.1 Å². The molecule has 1 aromatic carbocycles. The second-order valence-electron chi connectivity index (χ2n) is 5.85. The zero-order valence-corrected chi connectivity index (χ0v) is 13.2. The summed E-state index contributed by atoms with van der Waals surface area (Å²) in [5.41, 5.74) is 2.70. The van der Waals surface area contributed by atoms with Gasteiger partial charge in [-0.15, -0.1) is 0 Å². The average molecular weight is 311 g/mol. The van der Waals surface area contributed by atoms with Gasteiger partial charge in [0.2, 0.25) is 6.41 Å². The minimum absolute atomic E-state index is 0.664. The number of benzene rings is 1. The maximum absolute atomic E-state index is 10.8. The van der Waals surface area contributed by atoms with Crippen molar-refractivity contribution in [3.05, 3.63) is 59.3 Å². The Morgan fingerprint density at radius 1 is 1.13 bits per heavy atom. The molecule has 1 aromatic heterocycles. The van der Waals surface area contributed by atoms with Gasteiger partial charge in [0.15, 0.2) is 0 Å². The predicted octanol–water partition coefficient (Wildman–Crippen LogP) is 1.75. The number of amides is 1. The summed E-state index contributed by atoms with van der Waals surface area (Å²) in [5, 5.41) is 10.5. The predicted molar refractivity (Wildman–Crippen MR) is 89.3 cm³/mol. The van der Waals surface area contributed by atoms with Gasteiger partial charge >= 0.3 is 0 Å². The van der Waals surface area contributed by atoms with Gasteiger partial charge in [0.1, 0.15) is 11.9 Å². The Labute approximate surface area is 136 Å². The van der Waals surface area contributed by atoms with E-state index in [-0.39, 0.29) is 0 Å². The van der Waals surface area contributed by atoms with Crippen LogP contribution in [0.2, 0.25) is 0 Å². The first kappa shape index (κ1) is 15.5. The van der Waals surface area contributed by atoms with Gasteiger partial charge in [0, 0.05) is 37.9 Å². The summed E-state index contributed by atoms with van der Waals surface area (Å²) < 4.78 is 0. The van der Waals surface area contributed by atoms with Crippen molar-refractivity contribution in [3.8, 4) is 0 Å². The number of aromatic nitrogens is 1. The lowest BCUT2D eigenvalue weighted by Crippen LogP contribution is -2.46. The van der Waals surface area contributed by atoms with Crippen LogP contribution in [-0.2, 0) is 4.79 Å². The molecule has 3 rings (SSSR count). The van der Waals surface area contributed by atoms with Crippen LogP contribution in [0.15, 0.2) is 42.6 Å². The normalized spacial score (nSPS) is 16.3. The minimum Gasteiger partial charge on any atom is -0.384 e. The molecule has 0 aliphatic carbocycles. The highest BCUT2D eigenvalue weighted by Gasteiger charge is 2.19. The Balaban J connectivity index is 1.77. The number of carbonyl (C=O) groups is 1. The lowest BCUT2D eigenvalue weighted by Gasteiger charge is -2.34. The number of rotatable bonds is 4. The molecule has 1 aliphatic heterocycles. The molecule has 2 heterocycles. The highest BCUT2D eigenvalue weighted by Crippen LogP contribution is 2.26. The van der Waals surface area contributed by atoms with Gasteiger partial charge in [-0.25, -0.2) is 4.98 Å². The Morgan fingerprint density at radius 2 is 1.83 bits per heavy atom. The molecular formula is C18H21N3O2. The third kappa shape index (κ3) is 3.35. The van der Waals surface area contributed by atoms with E-state index >= 15 is 0 Å². The van der Waals surface area contributed by atoms with E-state index in [0.717, 1.165) is 55.1 Å². The van der Waals surface area contributed by atoms with Gasteiger partial charge < -0.3 is 14.9 Å². The maximum Gasteiger partial charge on any atom is 0.209 e. The van der Waals surface area contributed by atoms with E-state index in [1.807, 2.05) is 43.3 Å². The van der Waals surface area contributed by atoms with Crippen LogP contribution in [0.3, 0.4) is 0 Å². The summed E-state index contributed by atoms with van der Waals surface area (Å²) in [4.78, 5) is 19.3. The number of hydrogen-bond donors (Lipinski definition) is 1. The molecule has 1 fully saturated rings. The van der Waals surface area contributed by atoms with Crippen LogP contribution in [0.5, 0.6) is 0 Å². The molecule has 1 amide bonds. The molecule has 0 bridgehead atoms. The van der Waals surface area contributed by atoms with Crippen molar-refractivity contribution in [1.82, 2.24) is 9.88 Å². The lowest BCUT2D eigenvalue weighted by atomic mass is 10.0. The number of pyridine rings is 1. The fourth-order valence-corrected chi connectivity index (χ4v) is 2.94. The smallest absolute Gasteiger partial charge is 0.209 e. The van der Waals surface area contributed by atoms with Crippen molar-refractivity contribution in [3.63, 3.8) is 0 Å². The number of aliphatic hydroxyl groups excluding tert-OH is 1. The Hall–Kier alpha value is -2.40. The second-order valence-corrected chi connectivity index (χ2v) is 5.85. The van der Waals surface area contributed by atoms with Gasteiger partial charge in [0.05, 0.1) is 0 Å². The molecule has 1 atom stereocenters. The molecule has 0 spiro atoms. The van der Waals surface area contributed by atoms with Crippen LogP contribution in [-0.4, -0.2) is 47.6 Å². The second kappa shape index (κ2) is 6.79. The summed E-state index contributed by atoms with van der Waals surface area (Å²) >= 11 is 0. The van der Waals surface area contributed by atoms with E-state index in [9.17, 15) is 9.90 Å². The van der Waals surface area contributed by atoms with Crippen molar-refractivity contribution in [2.75, 3.05) is 31.1 Å². The fraction of sp³-hybridized carbons (Fsp3) is 0.333. The van der Waals surface area contributed by atoms with E-state index in [2.05, 4.69) is 9.88 Å². The molecule has 1 aliphatic rings. The molecule has 0 radical (unpaired) electrons. The SMILES string of the molecule is Cc1cc([C@H](O)c2ccccc2)cnc1N1CCN(C=O)CC1. The average Bonchev–Trinajstić information content (AvgIpc) is 2.62. The summed E-state index contributed by atoms with van der Waals surface area (Å²) in [6.45, 7) is 5.02. The Morgan fingerprint density at radius 3 is 2.43 bits per heavy atom. The summed E-state index contributed by atoms with van der Waals surface area (Å²) in [6, 6.07) is 11.6. The molecule has 1 saturated heterocycles. The van der Waals surface area contributed by atoms with Crippen LogP contribution in [0, 0.1) is 6.92 Å². The molecule has 2 aromatic rings. The number of carbonyl (C=O) groups excluding carboxylic acids is 1. The maximum atomic E-state index is 10.8. The van der Waals surface area contributed by atoms with E-state index < -0.39 is 6.10 Å². The highest BCUT2D eigenvalue weighted by atomic mass is 16.3. The molecule has 5 heteroatoms. The first-order valence-corrected chi connectivity index (χ1v) is 7.83. The molecule has 0 unspecified atom stereocenters. The molecule has 1 N–H and O–H groups in total. The number of piperazine rings is 1. The summed E-state index contributed by atoms with van der Waals surface area (Å²) in [7, 11) is 0. The number of aryl methyl sites for hydroxylation is 1. The molecule has 120 valence electrons. The van der Waals surface area contributed by atoms with Crippen LogP contribution in [0.4, 0.5) is 5.82 Å². The first-order chi connectivity index (χ1) is 11.2. The first-order valence-electron chi connectivity index (χ1n) is 7.83. The van der Waals surface area contributed by atoms with Crippen LogP contribution < -0.4 is 4.90 Å². The number of nitrogens with zero attached hydrogens (tertiary/aromatic N) is 3. The van der Waals surface area contributed by atoms with Crippen LogP contribution in [0.25, 0.3) is 0 Å². The van der Waals surface area contributed by atoms with Gasteiger partial charge in [-0.3, -0.25) is 4.79 Å². The van der Waals surface area contributed by atoms with Crippen molar-refractivity contribution in [1.29, 1.82) is 0 Å². The van der Waals surface area contributed by atoms with Crippen LogP contribution in [0.1, 0.15) is 22.8 Å². The highest BCUT2D eigenvalue weighted by molar-refractivity contribution is 5.51. The zero-order valence-electron chi connectivity index (χ0n) is 13.2. The van der Waals surface area contributed by atoms with Crippen LogP contribution >= 0.6 is 0 Å². The number of anilines is 1. The van der Waals surface area contributed by atoms with Crippen molar-refractivity contribution >= 4 is 12.2 Å². The van der Waals surface area contributed by atoms with Gasteiger partial charge in [0.25, 0.3) is 0 Å². The lowest BCUT2D eigenvalue weighted by molar-refractivity contribution is -0.118. The largest absolute Gasteiger partial charge is 0.384 e. The van der Waals surface area contributed by atoms with E-state index in [4.69, 9.17) is 0 Å². The van der Waals surface area contributed by atoms with Crippen molar-refractivity contribution in [2.24, 2.45) is 0 Å². The Kier molecular flexibility index (Phi) is 4.57. The third-order valence-corrected chi connectivity index (χ3v) is 4.27. The van der Waals surface area contributed by atoms with E-state index in [0.29, 0.717) is 0 Å². The standard InChI is InChI=1S/C18H21N3O2/c1-14-11-16(17(23)15-5-3-2-4-6-15)12-19-18(14)21-9-7-20(13-22)8-10-21/h2-6,11-13,17,23H,7-10H2,1H3/t17-/m1/s1. The van der Waals surface area contributed by atoms with Crippen molar-refractivity contribution in [2.45, 2.75) is 13.0 Å². The van der Waals surface area contributed by atoms with Gasteiger partial charge in [-0.1, -0.05) is 30.3 Å². The minimum atomic E-state index is -0.664. The third-order valence-electron chi connectivity index (χ3n) is 4.27. The monoisotopic (exact) mass is 311 g/mol. The quantitative estimate of drug-likeness (QED) is 0.874. The molecule has 5 nitrogen and oxygen atoms in total. The molecular weight excluding hydrogens is 290 g/mol. The zero-order chi connectivity index (χ0) is 16.2. The summed E-state index contributed by atoms with van der Waals surface area (Å²) in [6.07, 6.45) is 1.98. The Bertz CT molecular complexity index is 667. The van der Waals surface area contributed by atoms with E-state index in [1.165, 1.54) is 0 Å². The summed E-state index contributed by atoms with van der Waals surface area (Å²) in [5.74, 6) is 0.930. The molecule has 0 saturated carbocycles. The topological polar surface area (TPSA) is 56.7 Å².